The van der Waals surface area contributed by atoms with Crippen molar-refractivity contribution in [1.29, 1.82) is 0 Å². The number of fused-ring (bicyclic) bond motifs is 1. The molecule has 1 aromatic heterocycles. The lowest BCUT2D eigenvalue weighted by Gasteiger charge is -2.53. The van der Waals surface area contributed by atoms with Gasteiger partial charge in [0.25, 0.3) is 0 Å². The van der Waals surface area contributed by atoms with E-state index in [4.69, 9.17) is 24.2 Å². The van der Waals surface area contributed by atoms with Crippen LogP contribution in [0.4, 0.5) is 10.6 Å². The van der Waals surface area contributed by atoms with Gasteiger partial charge in [-0.15, -0.1) is 0 Å². The summed E-state index contributed by atoms with van der Waals surface area (Å²) in [5.41, 5.74) is 1.81. The summed E-state index contributed by atoms with van der Waals surface area (Å²) in [6.07, 6.45) is 9.06. The zero-order chi connectivity index (χ0) is 29.9. The summed E-state index contributed by atoms with van der Waals surface area (Å²) in [5.74, 6) is 2.31. The molecule has 5 aliphatic rings. The highest BCUT2D eigenvalue weighted by molar-refractivity contribution is 9.10. The molecule has 0 unspecified atom stereocenters. The number of benzene rings is 1. The summed E-state index contributed by atoms with van der Waals surface area (Å²) in [6.45, 7) is 13.8. The van der Waals surface area contributed by atoms with Crippen molar-refractivity contribution in [3.8, 4) is 11.8 Å². The van der Waals surface area contributed by atoms with Crippen molar-refractivity contribution in [3.63, 3.8) is 0 Å². The Morgan fingerprint density at radius 3 is 2.33 bits per heavy atom. The number of hydrogen-bond acceptors (Lipinski definition) is 8. The van der Waals surface area contributed by atoms with Gasteiger partial charge in [0.05, 0.1) is 11.1 Å². The number of hydrogen-bond donors (Lipinski definition) is 0. The summed E-state index contributed by atoms with van der Waals surface area (Å²) in [6, 6.07) is 3.55. The van der Waals surface area contributed by atoms with Crippen LogP contribution in [-0.4, -0.2) is 89.5 Å². The zero-order valence-electron chi connectivity index (χ0n) is 26.2. The molecule has 3 saturated heterocycles. The highest BCUT2D eigenvalue weighted by Crippen LogP contribution is 2.50. The van der Waals surface area contributed by atoms with Crippen molar-refractivity contribution in [2.45, 2.75) is 103 Å². The molecule has 43 heavy (non-hydrogen) atoms. The lowest BCUT2D eigenvalue weighted by atomic mass is 9.72. The molecule has 1 amide bonds. The summed E-state index contributed by atoms with van der Waals surface area (Å²) in [5, 5.41) is 1.05. The van der Waals surface area contributed by atoms with Crippen LogP contribution in [0.2, 0.25) is 0 Å². The molecule has 9 nitrogen and oxygen atoms in total. The standard InChI is InChI=1S/C33H46BrN5O4/c1-5-41-28-26(34)24(21-6-7-21)18-25-27(28)35-30(42-23-10-14-37(15-11-23)22-8-9-22)36-29(25)38-16-12-33(13-17-38)19-39(20-33)31(40)43-32(2,3)4/h18,21-23H,5-17,19-20H2,1-4H3. The predicted molar refractivity (Wildman–Crippen MR) is 170 cm³/mol. The second kappa shape index (κ2) is 11.2. The summed E-state index contributed by atoms with van der Waals surface area (Å²) < 4.78 is 19.5. The van der Waals surface area contributed by atoms with Crippen LogP contribution in [0.5, 0.6) is 11.8 Å². The largest absolute Gasteiger partial charge is 0.490 e. The van der Waals surface area contributed by atoms with E-state index in [0.717, 1.165) is 97.9 Å². The zero-order valence-corrected chi connectivity index (χ0v) is 27.7. The number of rotatable bonds is 7. The molecule has 2 aliphatic carbocycles. The second-order valence-corrected chi connectivity index (χ2v) is 15.2. The van der Waals surface area contributed by atoms with Crippen molar-refractivity contribution in [2.24, 2.45) is 5.41 Å². The SMILES string of the molecule is CCOc1c(Br)c(C2CC2)cc2c(N3CCC4(CC3)CN(C(=O)OC(C)(C)C)C4)nc(OC3CCN(C4CC4)CC3)nc12. The maximum atomic E-state index is 12.6. The highest BCUT2D eigenvalue weighted by atomic mass is 79.9. The molecule has 3 aliphatic heterocycles. The molecule has 1 aromatic carbocycles. The van der Waals surface area contributed by atoms with Crippen molar-refractivity contribution in [1.82, 2.24) is 19.8 Å². The first-order valence-electron chi connectivity index (χ1n) is 16.4. The van der Waals surface area contributed by atoms with Crippen LogP contribution in [-0.2, 0) is 4.74 Å². The first kappa shape index (κ1) is 29.4. The quantitative estimate of drug-likeness (QED) is 0.334. The van der Waals surface area contributed by atoms with E-state index in [9.17, 15) is 4.79 Å². The average molecular weight is 657 g/mol. The van der Waals surface area contributed by atoms with E-state index in [-0.39, 0.29) is 17.6 Å². The predicted octanol–water partition coefficient (Wildman–Crippen LogP) is 6.51. The molecule has 7 rings (SSSR count). The van der Waals surface area contributed by atoms with Gasteiger partial charge in [-0.3, -0.25) is 0 Å². The van der Waals surface area contributed by atoms with Gasteiger partial charge in [0, 0.05) is 56.1 Å². The molecule has 234 valence electrons. The lowest BCUT2D eigenvalue weighted by molar-refractivity contribution is -0.0434. The van der Waals surface area contributed by atoms with Gasteiger partial charge in [-0.1, -0.05) is 0 Å². The van der Waals surface area contributed by atoms with E-state index in [1.807, 2.05) is 32.6 Å². The van der Waals surface area contributed by atoms with Crippen LogP contribution in [0, 0.1) is 5.41 Å². The highest BCUT2D eigenvalue weighted by Gasteiger charge is 2.48. The van der Waals surface area contributed by atoms with Gasteiger partial charge in [0.1, 0.15) is 23.0 Å². The number of halogens is 1. The molecule has 4 heterocycles. The molecule has 0 N–H and O–H groups in total. The van der Waals surface area contributed by atoms with E-state index < -0.39 is 5.60 Å². The number of ether oxygens (including phenoxy) is 3. The minimum atomic E-state index is -0.472. The fourth-order valence-corrected chi connectivity index (χ4v) is 7.87. The van der Waals surface area contributed by atoms with Crippen molar-refractivity contribution >= 4 is 38.7 Å². The first-order chi connectivity index (χ1) is 20.6. The molecule has 2 saturated carbocycles. The van der Waals surface area contributed by atoms with Crippen molar-refractivity contribution < 1.29 is 19.0 Å². The minimum Gasteiger partial charge on any atom is -0.490 e. The van der Waals surface area contributed by atoms with Gasteiger partial charge in [-0.05, 0) is 113 Å². The molecular weight excluding hydrogens is 610 g/mol. The number of nitrogens with zero attached hydrogens (tertiary/aromatic N) is 5. The minimum absolute atomic E-state index is 0.128. The Morgan fingerprint density at radius 2 is 1.72 bits per heavy atom. The number of aromatic nitrogens is 2. The molecule has 1 spiro atoms. The van der Waals surface area contributed by atoms with Gasteiger partial charge in [0.2, 0.25) is 0 Å². The Hall–Kier alpha value is -2.33. The van der Waals surface area contributed by atoms with E-state index >= 15 is 0 Å². The van der Waals surface area contributed by atoms with Crippen molar-refractivity contribution in [3.05, 3.63) is 16.1 Å². The van der Waals surface area contributed by atoms with E-state index in [1.165, 1.54) is 31.2 Å². The van der Waals surface area contributed by atoms with Gasteiger partial charge >= 0.3 is 12.1 Å². The molecule has 10 heteroatoms. The Labute approximate surface area is 263 Å². The topological polar surface area (TPSA) is 80.3 Å². The number of carbonyl (C=O) groups excluding carboxylic acids is 1. The van der Waals surface area contributed by atoms with Gasteiger partial charge in [-0.2, -0.15) is 9.97 Å². The van der Waals surface area contributed by atoms with E-state index in [2.05, 4.69) is 31.8 Å². The fourth-order valence-electron chi connectivity index (χ4n) is 7.13. The monoisotopic (exact) mass is 655 g/mol. The lowest BCUT2D eigenvalue weighted by Crippen LogP contribution is -2.62. The molecule has 0 bridgehead atoms. The van der Waals surface area contributed by atoms with E-state index in [0.29, 0.717) is 18.5 Å². The third-order valence-corrected chi connectivity index (χ3v) is 10.6. The fraction of sp³-hybridized carbons (Fsp3) is 0.727. The van der Waals surface area contributed by atoms with Gasteiger partial charge in [0.15, 0.2) is 5.75 Å². The van der Waals surface area contributed by atoms with Crippen LogP contribution in [0.15, 0.2) is 10.5 Å². The smallest absolute Gasteiger partial charge is 0.410 e. The molecule has 0 radical (unpaired) electrons. The summed E-state index contributed by atoms with van der Waals surface area (Å²) >= 11 is 3.89. The third kappa shape index (κ3) is 6.15. The van der Waals surface area contributed by atoms with Crippen LogP contribution in [0.1, 0.15) is 90.5 Å². The number of likely N-dealkylation sites (tertiary alicyclic amines) is 2. The van der Waals surface area contributed by atoms with Gasteiger partial charge < -0.3 is 28.9 Å². The maximum Gasteiger partial charge on any atom is 0.410 e. The van der Waals surface area contributed by atoms with E-state index in [1.54, 1.807) is 0 Å². The molecule has 2 aromatic rings. The summed E-state index contributed by atoms with van der Waals surface area (Å²) in [4.78, 5) is 29.6. The first-order valence-corrected chi connectivity index (χ1v) is 17.2. The number of amides is 1. The maximum absolute atomic E-state index is 12.6. The van der Waals surface area contributed by atoms with Crippen molar-refractivity contribution in [2.75, 3.05) is 50.8 Å². The van der Waals surface area contributed by atoms with Gasteiger partial charge in [-0.25, -0.2) is 4.79 Å². The molecular formula is C33H46BrN5O4. The third-order valence-electron chi connectivity index (χ3n) is 9.82. The second-order valence-electron chi connectivity index (χ2n) is 14.4. The normalized spacial score (nSPS) is 23.0. The molecule has 0 atom stereocenters. The Kier molecular flexibility index (Phi) is 7.68. The summed E-state index contributed by atoms with van der Waals surface area (Å²) in [7, 11) is 0. The van der Waals surface area contributed by atoms with Crippen LogP contribution in [0.3, 0.4) is 0 Å². The number of piperidine rings is 2. The van der Waals surface area contributed by atoms with Crippen LogP contribution >= 0.6 is 15.9 Å². The van der Waals surface area contributed by atoms with Crippen LogP contribution in [0.25, 0.3) is 10.9 Å². The van der Waals surface area contributed by atoms with Crippen LogP contribution < -0.4 is 14.4 Å². The number of carbonyl (C=O) groups is 1. The molecule has 5 fully saturated rings. The Morgan fingerprint density at radius 1 is 1.02 bits per heavy atom. The Balaban J connectivity index is 1.14. The Bertz CT molecular complexity index is 1360. The average Bonchev–Trinajstić information content (AvgIpc) is 3.86. The number of anilines is 1.